The lowest BCUT2D eigenvalue weighted by molar-refractivity contribution is 0.101. The number of nitrogens with zero attached hydrogens (tertiary/aromatic N) is 3. The lowest BCUT2D eigenvalue weighted by atomic mass is 10.1. The third kappa shape index (κ3) is 4.62. The lowest BCUT2D eigenvalue weighted by Crippen LogP contribution is -2.15. The number of ether oxygens (including phenoxy) is 2. The molecule has 3 rings (SSSR count). The first-order valence-corrected chi connectivity index (χ1v) is 8.26. The van der Waals surface area contributed by atoms with E-state index in [0.717, 1.165) is 0 Å². The van der Waals surface area contributed by atoms with Crippen LogP contribution >= 0.6 is 0 Å². The molecule has 0 spiro atoms. The summed E-state index contributed by atoms with van der Waals surface area (Å²) in [6.45, 7) is 0.172. The van der Waals surface area contributed by atoms with Gasteiger partial charge < -0.3 is 19.9 Å². The molecule has 1 aromatic heterocycles. The Morgan fingerprint density at radius 1 is 1.15 bits per heavy atom. The van der Waals surface area contributed by atoms with Crippen molar-refractivity contribution in [2.24, 2.45) is 0 Å². The fraction of sp³-hybridized carbons (Fsp3) is 0.211. The molecule has 3 aromatic rings. The molecule has 1 amide bonds. The number of carbonyl (C=O) groups excluding carboxylic acids is 1. The number of aromatic nitrogens is 3. The van der Waals surface area contributed by atoms with Gasteiger partial charge in [-0.3, -0.25) is 4.79 Å². The molecule has 0 saturated heterocycles. The average Bonchev–Trinajstić information content (AvgIpc) is 3.17. The molecule has 8 nitrogen and oxygen atoms in total. The number of aliphatic hydroxyl groups is 1. The molecule has 2 N–H and O–H groups in total. The molecule has 0 saturated carbocycles. The first-order valence-electron chi connectivity index (χ1n) is 8.26. The van der Waals surface area contributed by atoms with Crippen LogP contribution in [0.25, 0.3) is 0 Å². The van der Waals surface area contributed by atoms with Crippen molar-refractivity contribution < 1.29 is 19.4 Å². The Morgan fingerprint density at radius 2 is 1.89 bits per heavy atom. The summed E-state index contributed by atoms with van der Waals surface area (Å²) in [4.78, 5) is 16.3. The van der Waals surface area contributed by atoms with Gasteiger partial charge in [0.15, 0.2) is 0 Å². The zero-order valence-electron chi connectivity index (χ0n) is 15.0. The van der Waals surface area contributed by atoms with Crippen LogP contribution in [0, 0.1) is 0 Å². The summed E-state index contributed by atoms with van der Waals surface area (Å²) in [5.74, 6) is 0.915. The Hall–Kier alpha value is -3.39. The number of amides is 1. The summed E-state index contributed by atoms with van der Waals surface area (Å²) in [7, 11) is 3.14. The number of nitrogens with one attached hydrogen (secondary N) is 1. The lowest BCUT2D eigenvalue weighted by Gasteiger charge is -2.11. The fourth-order valence-electron chi connectivity index (χ4n) is 2.48. The van der Waals surface area contributed by atoms with Gasteiger partial charge in [0.2, 0.25) is 5.82 Å². The van der Waals surface area contributed by atoms with E-state index in [2.05, 4.69) is 15.4 Å². The van der Waals surface area contributed by atoms with Gasteiger partial charge in [-0.2, -0.15) is 0 Å². The smallest absolute Gasteiger partial charge is 0.295 e. The summed E-state index contributed by atoms with van der Waals surface area (Å²) >= 11 is 0. The number of aliphatic hydroxyl groups excluding tert-OH is 1. The van der Waals surface area contributed by atoms with E-state index >= 15 is 0 Å². The van der Waals surface area contributed by atoms with Crippen LogP contribution in [0.2, 0.25) is 0 Å². The number of rotatable bonds is 7. The van der Waals surface area contributed by atoms with Gasteiger partial charge in [-0.25, -0.2) is 9.67 Å². The van der Waals surface area contributed by atoms with Crippen LogP contribution in [0.5, 0.6) is 11.5 Å². The number of hydrogen-bond acceptors (Lipinski definition) is 6. The van der Waals surface area contributed by atoms with Gasteiger partial charge in [0.05, 0.1) is 26.9 Å². The number of anilines is 1. The maximum atomic E-state index is 12.3. The Morgan fingerprint density at radius 3 is 2.59 bits per heavy atom. The highest BCUT2D eigenvalue weighted by atomic mass is 16.5. The molecule has 0 radical (unpaired) electrons. The van der Waals surface area contributed by atoms with Crippen LogP contribution in [-0.4, -0.2) is 40.0 Å². The topological polar surface area (TPSA) is 98.5 Å². The van der Waals surface area contributed by atoms with E-state index in [1.807, 2.05) is 0 Å². The quantitative estimate of drug-likeness (QED) is 0.664. The molecule has 0 aliphatic carbocycles. The number of methoxy groups -OCH3 is 2. The summed E-state index contributed by atoms with van der Waals surface area (Å²) in [5, 5.41) is 17.2. The van der Waals surface area contributed by atoms with Crippen molar-refractivity contribution in [3.8, 4) is 11.5 Å². The highest BCUT2D eigenvalue weighted by molar-refractivity contribution is 6.01. The molecule has 140 valence electrons. The van der Waals surface area contributed by atoms with Crippen LogP contribution in [0.15, 0.2) is 54.9 Å². The predicted molar refractivity (Wildman–Crippen MR) is 98.9 cm³/mol. The maximum Gasteiger partial charge on any atom is 0.295 e. The zero-order valence-corrected chi connectivity index (χ0v) is 15.0. The van der Waals surface area contributed by atoms with Crippen molar-refractivity contribution >= 4 is 11.6 Å². The van der Waals surface area contributed by atoms with Gasteiger partial charge in [-0.15, -0.1) is 5.10 Å². The normalized spacial score (nSPS) is 11.7. The maximum absolute atomic E-state index is 12.3. The van der Waals surface area contributed by atoms with E-state index in [-0.39, 0.29) is 12.4 Å². The Labute approximate surface area is 156 Å². The molecule has 8 heteroatoms. The minimum atomic E-state index is -0.785. The van der Waals surface area contributed by atoms with Crippen molar-refractivity contribution in [3.63, 3.8) is 0 Å². The molecule has 0 aliphatic rings. The molecule has 0 fully saturated rings. The molecule has 0 aliphatic heterocycles. The van der Waals surface area contributed by atoms with Gasteiger partial charge in [0.25, 0.3) is 5.91 Å². The summed E-state index contributed by atoms with van der Waals surface area (Å²) in [5.41, 5.74) is 1.29. The molecule has 0 bridgehead atoms. The van der Waals surface area contributed by atoms with E-state index in [0.29, 0.717) is 22.7 Å². The van der Waals surface area contributed by atoms with Crippen molar-refractivity contribution in [2.45, 2.75) is 12.6 Å². The predicted octanol–water partition coefficient (Wildman–Crippen LogP) is 2.28. The van der Waals surface area contributed by atoms with Crippen molar-refractivity contribution in [2.75, 3.05) is 19.5 Å². The number of hydrogen-bond donors (Lipinski definition) is 2. The standard InChI is InChI=1S/C19H20N4O4/c1-26-15-8-6-13(7-9-15)17(24)11-23-12-20-18(22-23)19(25)21-14-4-3-5-16(10-14)27-2/h3-10,12,17,24H,11H2,1-2H3,(H,21,25)/t17-/m1/s1. The third-order valence-electron chi connectivity index (χ3n) is 3.93. The molecular formula is C19H20N4O4. The van der Waals surface area contributed by atoms with Gasteiger partial charge >= 0.3 is 0 Å². The molecular weight excluding hydrogens is 348 g/mol. The van der Waals surface area contributed by atoms with Crippen molar-refractivity contribution in [1.29, 1.82) is 0 Å². The highest BCUT2D eigenvalue weighted by Gasteiger charge is 2.15. The Kier molecular flexibility index (Phi) is 5.68. The van der Waals surface area contributed by atoms with Gasteiger partial charge in [0, 0.05) is 11.8 Å². The van der Waals surface area contributed by atoms with Crippen LogP contribution in [-0.2, 0) is 6.54 Å². The Balaban J connectivity index is 1.63. The van der Waals surface area contributed by atoms with Crippen LogP contribution in [0.4, 0.5) is 5.69 Å². The van der Waals surface area contributed by atoms with Gasteiger partial charge in [-0.1, -0.05) is 18.2 Å². The molecule has 27 heavy (non-hydrogen) atoms. The van der Waals surface area contributed by atoms with Gasteiger partial charge in [-0.05, 0) is 29.8 Å². The first kappa shape index (κ1) is 18.4. The minimum Gasteiger partial charge on any atom is -0.497 e. The van der Waals surface area contributed by atoms with E-state index in [9.17, 15) is 9.90 Å². The second kappa shape index (κ2) is 8.33. The average molecular weight is 368 g/mol. The molecule has 0 unspecified atom stereocenters. The van der Waals surface area contributed by atoms with E-state index in [1.54, 1.807) is 62.8 Å². The first-order chi connectivity index (χ1) is 13.1. The summed E-state index contributed by atoms with van der Waals surface area (Å²) < 4.78 is 11.6. The van der Waals surface area contributed by atoms with E-state index in [4.69, 9.17) is 9.47 Å². The molecule has 1 heterocycles. The third-order valence-corrected chi connectivity index (χ3v) is 3.93. The molecule has 2 aromatic carbocycles. The van der Waals surface area contributed by atoms with Crippen molar-refractivity contribution in [1.82, 2.24) is 14.8 Å². The van der Waals surface area contributed by atoms with E-state index < -0.39 is 12.0 Å². The zero-order chi connectivity index (χ0) is 19.2. The second-order valence-corrected chi connectivity index (χ2v) is 5.77. The van der Waals surface area contributed by atoms with E-state index in [1.165, 1.54) is 11.0 Å². The van der Waals surface area contributed by atoms with Crippen LogP contribution < -0.4 is 14.8 Å². The van der Waals surface area contributed by atoms with Crippen molar-refractivity contribution in [3.05, 3.63) is 66.2 Å². The van der Waals surface area contributed by atoms with Crippen LogP contribution in [0.1, 0.15) is 22.3 Å². The SMILES string of the molecule is COc1ccc([C@H](O)Cn2cnc(C(=O)Nc3cccc(OC)c3)n2)cc1. The largest absolute Gasteiger partial charge is 0.497 e. The molecule has 1 atom stereocenters. The monoisotopic (exact) mass is 368 g/mol. The second-order valence-electron chi connectivity index (χ2n) is 5.77. The van der Waals surface area contributed by atoms with Crippen LogP contribution in [0.3, 0.4) is 0 Å². The minimum absolute atomic E-state index is 0.0137. The summed E-state index contributed by atoms with van der Waals surface area (Å²) in [6.07, 6.45) is 0.625. The van der Waals surface area contributed by atoms with Gasteiger partial charge in [0.1, 0.15) is 17.8 Å². The number of benzene rings is 2. The fourth-order valence-corrected chi connectivity index (χ4v) is 2.48. The number of carbonyl (C=O) groups is 1. The highest BCUT2D eigenvalue weighted by Crippen LogP contribution is 2.19. The summed E-state index contributed by atoms with van der Waals surface area (Å²) in [6, 6.07) is 14.1. The Bertz CT molecular complexity index is 908.